The average molecular weight is 471 g/mol. The number of rotatable bonds is 5. The first kappa shape index (κ1) is 21.6. The van der Waals surface area contributed by atoms with Gasteiger partial charge >= 0.3 is 0 Å². The average Bonchev–Trinajstić information content (AvgIpc) is 3.04. The Hall–Kier alpha value is -4.23. The Balaban J connectivity index is 1.49. The quantitative estimate of drug-likeness (QED) is 0.389. The molecule has 3 heterocycles. The van der Waals surface area contributed by atoms with Gasteiger partial charge in [0.15, 0.2) is 5.75 Å². The summed E-state index contributed by atoms with van der Waals surface area (Å²) in [7, 11) is 0. The van der Waals surface area contributed by atoms with Gasteiger partial charge in [-0.2, -0.15) is 0 Å². The number of fused-ring (bicyclic) bond motifs is 2. The van der Waals surface area contributed by atoms with Gasteiger partial charge in [-0.1, -0.05) is 35.9 Å². The fourth-order valence-electron chi connectivity index (χ4n) is 3.76. The molecule has 1 atom stereocenters. The van der Waals surface area contributed by atoms with Crippen LogP contribution in [0.3, 0.4) is 0 Å². The van der Waals surface area contributed by atoms with Gasteiger partial charge in [0.25, 0.3) is 5.91 Å². The van der Waals surface area contributed by atoms with Crippen molar-refractivity contribution in [3.8, 4) is 11.5 Å². The molecule has 2 aromatic carbocycles. The monoisotopic (exact) mass is 470 g/mol. The molecular formula is C26H19ClN4O3. The number of nitrogens with zero attached hydrogens (tertiary/aromatic N) is 2. The number of hydrogen-bond donors (Lipinski definition) is 2. The maximum atomic E-state index is 13.8. The number of benzene rings is 2. The summed E-state index contributed by atoms with van der Waals surface area (Å²) in [5.74, 6) is 0.296. The fourth-order valence-corrected chi connectivity index (χ4v) is 3.94. The number of anilines is 1. The molecule has 1 unspecified atom stereocenters. The van der Waals surface area contributed by atoms with Gasteiger partial charge in [0.1, 0.15) is 17.5 Å². The SMILES string of the molecule is O=C(NCc1ccccn1)c1cccnc1C(=O)C1Nc2cc(Cl)ccc2Oc2ccccc21. The molecule has 0 aliphatic carbocycles. The molecule has 0 radical (unpaired) electrons. The van der Waals surface area contributed by atoms with E-state index in [2.05, 4.69) is 20.6 Å². The van der Waals surface area contributed by atoms with E-state index in [0.717, 1.165) is 0 Å². The lowest BCUT2D eigenvalue weighted by Gasteiger charge is -2.19. The van der Waals surface area contributed by atoms with Crippen molar-refractivity contribution in [1.82, 2.24) is 15.3 Å². The third-order valence-electron chi connectivity index (χ3n) is 5.40. The molecule has 7 nitrogen and oxygen atoms in total. The number of halogens is 1. The van der Waals surface area contributed by atoms with Gasteiger partial charge in [0, 0.05) is 23.0 Å². The summed E-state index contributed by atoms with van der Waals surface area (Å²) < 4.78 is 6.06. The summed E-state index contributed by atoms with van der Waals surface area (Å²) >= 11 is 6.19. The Kier molecular flexibility index (Phi) is 5.93. The highest BCUT2D eigenvalue weighted by Gasteiger charge is 2.32. The van der Waals surface area contributed by atoms with Crippen LogP contribution < -0.4 is 15.4 Å². The zero-order valence-electron chi connectivity index (χ0n) is 17.9. The third kappa shape index (κ3) is 4.33. The first-order valence-electron chi connectivity index (χ1n) is 10.6. The molecule has 1 aliphatic rings. The lowest BCUT2D eigenvalue weighted by molar-refractivity contribution is 0.0921. The minimum atomic E-state index is -0.840. The van der Waals surface area contributed by atoms with E-state index in [1.807, 2.05) is 30.3 Å². The molecule has 1 aliphatic heterocycles. The van der Waals surface area contributed by atoms with Crippen molar-refractivity contribution in [3.05, 3.63) is 113 Å². The minimum Gasteiger partial charge on any atom is -0.455 e. The van der Waals surface area contributed by atoms with Gasteiger partial charge in [-0.15, -0.1) is 0 Å². The molecule has 0 bridgehead atoms. The van der Waals surface area contributed by atoms with Crippen LogP contribution in [-0.4, -0.2) is 21.7 Å². The number of ether oxygens (including phenoxy) is 1. The fraction of sp³-hybridized carbons (Fsp3) is 0.0769. The lowest BCUT2D eigenvalue weighted by atomic mass is 9.96. The van der Waals surface area contributed by atoms with Crippen LogP contribution in [0.4, 0.5) is 5.69 Å². The Labute approximate surface area is 200 Å². The Morgan fingerprint density at radius 1 is 0.941 bits per heavy atom. The molecule has 34 heavy (non-hydrogen) atoms. The highest BCUT2D eigenvalue weighted by molar-refractivity contribution is 6.31. The zero-order valence-corrected chi connectivity index (χ0v) is 18.6. The van der Waals surface area contributed by atoms with Crippen LogP contribution in [0.2, 0.25) is 5.02 Å². The Bertz CT molecular complexity index is 1380. The summed E-state index contributed by atoms with van der Waals surface area (Å²) in [5.41, 5.74) is 2.14. The van der Waals surface area contributed by atoms with E-state index in [0.29, 0.717) is 33.5 Å². The van der Waals surface area contributed by atoms with Gasteiger partial charge < -0.3 is 15.4 Å². The summed E-state index contributed by atoms with van der Waals surface area (Å²) in [5, 5.41) is 6.55. The Morgan fingerprint density at radius 2 is 1.76 bits per heavy atom. The van der Waals surface area contributed by atoms with Crippen LogP contribution in [0.15, 0.2) is 85.2 Å². The van der Waals surface area contributed by atoms with Crippen molar-refractivity contribution in [3.63, 3.8) is 0 Å². The van der Waals surface area contributed by atoms with Crippen molar-refractivity contribution < 1.29 is 14.3 Å². The van der Waals surface area contributed by atoms with Crippen LogP contribution in [0.1, 0.15) is 38.1 Å². The highest BCUT2D eigenvalue weighted by atomic mass is 35.5. The van der Waals surface area contributed by atoms with Gasteiger partial charge in [-0.3, -0.25) is 19.6 Å². The second kappa shape index (κ2) is 9.33. The predicted molar refractivity (Wildman–Crippen MR) is 128 cm³/mol. The standard InChI is InChI=1S/C26H19ClN4O3/c27-16-10-11-22-20(14-16)31-24(18-7-1-2-9-21(18)34-22)25(32)23-19(8-5-13-29-23)26(33)30-15-17-6-3-4-12-28-17/h1-14,24,31H,15H2,(H,30,33). The number of pyridine rings is 2. The van der Waals surface area contributed by atoms with Crippen LogP contribution in [0.5, 0.6) is 11.5 Å². The van der Waals surface area contributed by atoms with Gasteiger partial charge in [-0.25, -0.2) is 0 Å². The summed E-state index contributed by atoms with van der Waals surface area (Å²) in [6.07, 6.45) is 3.15. The first-order valence-corrected chi connectivity index (χ1v) is 11.0. The molecule has 0 fully saturated rings. The van der Waals surface area contributed by atoms with E-state index >= 15 is 0 Å². The predicted octanol–water partition coefficient (Wildman–Crippen LogP) is 5.20. The maximum absolute atomic E-state index is 13.8. The Morgan fingerprint density at radius 3 is 2.62 bits per heavy atom. The van der Waals surface area contributed by atoms with E-state index in [1.165, 1.54) is 6.20 Å². The molecule has 2 aromatic heterocycles. The third-order valence-corrected chi connectivity index (χ3v) is 5.63. The molecule has 5 rings (SSSR count). The summed E-state index contributed by atoms with van der Waals surface area (Å²) in [6.45, 7) is 0.229. The molecular weight excluding hydrogens is 452 g/mol. The zero-order chi connectivity index (χ0) is 23.5. The normalized spacial score (nSPS) is 14.0. The van der Waals surface area contributed by atoms with Crippen molar-refractivity contribution in [1.29, 1.82) is 0 Å². The van der Waals surface area contributed by atoms with Gasteiger partial charge in [0.2, 0.25) is 5.78 Å². The molecule has 8 heteroatoms. The second-order valence-corrected chi connectivity index (χ2v) is 8.06. The molecule has 0 spiro atoms. The second-order valence-electron chi connectivity index (χ2n) is 7.63. The van der Waals surface area contributed by atoms with Gasteiger partial charge in [-0.05, 0) is 48.5 Å². The van der Waals surface area contributed by atoms with E-state index in [1.54, 1.807) is 48.7 Å². The number of para-hydroxylation sites is 1. The van der Waals surface area contributed by atoms with Gasteiger partial charge in [0.05, 0.1) is 23.5 Å². The number of amides is 1. The smallest absolute Gasteiger partial charge is 0.253 e. The van der Waals surface area contributed by atoms with Crippen LogP contribution in [0.25, 0.3) is 0 Å². The van der Waals surface area contributed by atoms with Crippen molar-refractivity contribution in [2.24, 2.45) is 0 Å². The first-order chi connectivity index (χ1) is 16.6. The topological polar surface area (TPSA) is 93.2 Å². The van der Waals surface area contributed by atoms with Crippen molar-refractivity contribution in [2.45, 2.75) is 12.6 Å². The van der Waals surface area contributed by atoms with Crippen LogP contribution in [0, 0.1) is 0 Å². The number of aromatic nitrogens is 2. The number of carbonyl (C=O) groups excluding carboxylic acids is 2. The number of carbonyl (C=O) groups is 2. The minimum absolute atomic E-state index is 0.0544. The molecule has 1 amide bonds. The summed E-state index contributed by atoms with van der Waals surface area (Å²) in [4.78, 5) is 35.3. The molecule has 0 saturated carbocycles. The number of Topliss-reactive ketones (excluding diaryl/α,β-unsaturated/α-hetero) is 1. The van der Waals surface area contributed by atoms with Crippen molar-refractivity contribution >= 4 is 29.0 Å². The number of hydrogen-bond acceptors (Lipinski definition) is 6. The molecule has 4 aromatic rings. The largest absolute Gasteiger partial charge is 0.455 e. The van der Waals surface area contributed by atoms with Crippen LogP contribution >= 0.6 is 11.6 Å². The van der Waals surface area contributed by atoms with E-state index in [9.17, 15) is 9.59 Å². The number of nitrogens with one attached hydrogen (secondary N) is 2. The lowest BCUT2D eigenvalue weighted by Crippen LogP contribution is -2.28. The molecule has 2 N–H and O–H groups in total. The summed E-state index contributed by atoms with van der Waals surface area (Å²) in [6, 6.07) is 20.2. The molecule has 0 saturated heterocycles. The van der Waals surface area contributed by atoms with Crippen LogP contribution in [-0.2, 0) is 6.54 Å². The highest BCUT2D eigenvalue weighted by Crippen LogP contribution is 2.42. The van der Waals surface area contributed by atoms with Crippen molar-refractivity contribution in [2.75, 3.05) is 5.32 Å². The van der Waals surface area contributed by atoms with E-state index in [4.69, 9.17) is 16.3 Å². The van der Waals surface area contributed by atoms with E-state index < -0.39 is 11.9 Å². The maximum Gasteiger partial charge on any atom is 0.253 e. The van der Waals surface area contributed by atoms with E-state index in [-0.39, 0.29) is 23.6 Å². The molecule has 168 valence electrons. The number of ketones is 1.